The van der Waals surface area contributed by atoms with E-state index in [4.69, 9.17) is 22.4 Å². The number of halogens is 4. The van der Waals surface area contributed by atoms with Gasteiger partial charge in [0.2, 0.25) is 5.91 Å². The summed E-state index contributed by atoms with van der Waals surface area (Å²) in [5, 5.41) is 12.6. The van der Waals surface area contributed by atoms with Crippen molar-refractivity contribution in [1.82, 2.24) is 14.5 Å². The zero-order chi connectivity index (χ0) is 30.9. The van der Waals surface area contributed by atoms with Gasteiger partial charge in [-0.05, 0) is 65.9 Å². The van der Waals surface area contributed by atoms with E-state index < -0.39 is 18.4 Å². The van der Waals surface area contributed by atoms with Crippen LogP contribution < -0.4 is 15.8 Å². The number of aliphatic imine (C=N–C) groups is 1. The van der Waals surface area contributed by atoms with Gasteiger partial charge in [-0.15, -0.1) is 13.2 Å². The van der Waals surface area contributed by atoms with Crippen LogP contribution in [-0.2, 0) is 22.6 Å². The predicted molar refractivity (Wildman–Crippen MR) is 156 cm³/mol. The first-order chi connectivity index (χ1) is 19.9. The number of hydrogen-bond donors (Lipinski definition) is 3. The lowest BCUT2D eigenvalue weighted by molar-refractivity contribution is -0.274. The van der Waals surface area contributed by atoms with Crippen LogP contribution in [0.1, 0.15) is 24.5 Å². The maximum Gasteiger partial charge on any atom is 0.573 e. The van der Waals surface area contributed by atoms with Gasteiger partial charge in [0.1, 0.15) is 23.3 Å². The summed E-state index contributed by atoms with van der Waals surface area (Å²) in [5.41, 5.74) is 7.73. The van der Waals surface area contributed by atoms with Crippen LogP contribution in [0.2, 0.25) is 5.02 Å². The van der Waals surface area contributed by atoms with Gasteiger partial charge in [-0.1, -0.05) is 43.7 Å². The fraction of sp³-hybridized carbons (Fsp3) is 0.321. The first-order valence-electron chi connectivity index (χ1n) is 12.9. The number of hydrogen-bond acceptors (Lipinski definition) is 8. The summed E-state index contributed by atoms with van der Waals surface area (Å²) in [5.74, 6) is -1.79. The lowest BCUT2D eigenvalue weighted by Crippen LogP contribution is -2.56. The van der Waals surface area contributed by atoms with Gasteiger partial charge in [0.15, 0.2) is 0 Å². The maximum absolute atomic E-state index is 13.5. The van der Waals surface area contributed by atoms with Crippen LogP contribution in [-0.4, -0.2) is 63.9 Å². The minimum Gasteiger partial charge on any atom is -0.477 e. The van der Waals surface area contributed by atoms with E-state index in [9.17, 15) is 22.8 Å². The fourth-order valence-corrected chi connectivity index (χ4v) is 5.31. The van der Waals surface area contributed by atoms with Crippen molar-refractivity contribution in [1.29, 1.82) is 0 Å². The Kier molecular flexibility index (Phi) is 11.7. The van der Waals surface area contributed by atoms with E-state index in [0.29, 0.717) is 23.0 Å². The molecule has 2 aromatic rings. The average Bonchev–Trinajstić information content (AvgIpc) is 2.93. The van der Waals surface area contributed by atoms with Crippen molar-refractivity contribution in [3.63, 3.8) is 0 Å². The highest BCUT2D eigenvalue weighted by Crippen LogP contribution is 2.31. The van der Waals surface area contributed by atoms with Crippen LogP contribution in [0.3, 0.4) is 0 Å². The van der Waals surface area contributed by atoms with Crippen molar-refractivity contribution in [3.8, 4) is 5.75 Å². The largest absolute Gasteiger partial charge is 0.573 e. The second kappa shape index (κ2) is 15.0. The molecule has 1 fully saturated rings. The molecular formula is C28H31ClF3N5O4S. The number of nitrogens with one attached hydrogen (secondary N) is 1. The molecule has 0 spiro atoms. The van der Waals surface area contributed by atoms with Crippen molar-refractivity contribution in [2.45, 2.75) is 43.6 Å². The Morgan fingerprint density at radius 3 is 2.57 bits per heavy atom. The minimum atomic E-state index is -4.80. The number of nitrogens with two attached hydrogens (primary N) is 1. The topological polar surface area (TPSA) is 120 Å². The maximum atomic E-state index is 13.5. The SMILES string of the molecule is C=C/C(=N\C=C(/N)N1CCN(Sc2ccc(OC(F)(F)F)cc2)[C@@H](C(=O)NCc2ccc(CCC)cc2Cl)C1)C(=O)O. The molecule has 0 aliphatic carbocycles. The smallest absolute Gasteiger partial charge is 0.477 e. The zero-order valence-corrected chi connectivity index (χ0v) is 24.3. The summed E-state index contributed by atoms with van der Waals surface area (Å²) in [6.07, 6.45) is -0.659. The molecule has 0 unspecified atom stereocenters. The van der Waals surface area contributed by atoms with Crippen molar-refractivity contribution in [2.24, 2.45) is 10.7 Å². The number of amides is 1. The molecule has 0 saturated carbocycles. The van der Waals surface area contributed by atoms with Crippen LogP contribution in [0.5, 0.6) is 5.75 Å². The predicted octanol–water partition coefficient (Wildman–Crippen LogP) is 4.97. The van der Waals surface area contributed by atoms with Gasteiger partial charge in [0.25, 0.3) is 0 Å². The molecule has 2 aromatic carbocycles. The van der Waals surface area contributed by atoms with Gasteiger partial charge in [-0.3, -0.25) is 4.79 Å². The van der Waals surface area contributed by atoms with Crippen molar-refractivity contribution in [3.05, 3.63) is 83.3 Å². The van der Waals surface area contributed by atoms with E-state index in [1.807, 2.05) is 18.2 Å². The average molecular weight is 626 g/mol. The Morgan fingerprint density at radius 2 is 1.98 bits per heavy atom. The van der Waals surface area contributed by atoms with Crippen molar-refractivity contribution >= 4 is 41.1 Å². The second-order valence-corrected chi connectivity index (χ2v) is 10.7. The van der Waals surface area contributed by atoms with Crippen LogP contribution in [0.4, 0.5) is 13.2 Å². The van der Waals surface area contributed by atoms with Gasteiger partial charge in [-0.25, -0.2) is 14.1 Å². The Balaban J connectivity index is 1.78. The van der Waals surface area contributed by atoms with E-state index in [0.717, 1.165) is 30.0 Å². The van der Waals surface area contributed by atoms with E-state index in [1.54, 1.807) is 9.21 Å². The monoisotopic (exact) mass is 625 g/mol. The highest BCUT2D eigenvalue weighted by Gasteiger charge is 2.34. The molecule has 14 heteroatoms. The van der Waals surface area contributed by atoms with Crippen LogP contribution in [0, 0.1) is 0 Å². The standard InChI is InChI=1S/C28H31ClF3N5O4S/c1-3-5-18-6-7-19(22(29)14-18)15-35-26(38)24-17-36(25(33)16-34-23(4-2)27(39)40)12-13-37(24)42-21-10-8-20(9-11-21)41-28(30,31)32/h4,6-11,14,16,24H,2-3,5,12-13,15,17,33H2,1H3,(H,35,38)(H,39,40)/b25-16+,34-23+/t24-/m1/s1. The van der Waals surface area contributed by atoms with Gasteiger partial charge in [0.05, 0.1) is 6.20 Å². The molecule has 0 radical (unpaired) electrons. The molecule has 1 amide bonds. The first kappa shape index (κ1) is 32.8. The molecule has 1 atom stereocenters. The molecular weight excluding hydrogens is 595 g/mol. The Morgan fingerprint density at radius 1 is 1.26 bits per heavy atom. The number of rotatable bonds is 12. The molecule has 0 bridgehead atoms. The van der Waals surface area contributed by atoms with Gasteiger partial charge < -0.3 is 25.8 Å². The third-order valence-corrected chi connectivity index (χ3v) is 7.64. The van der Waals surface area contributed by atoms with E-state index in [2.05, 4.69) is 28.5 Å². The number of carboxylic acids is 1. The lowest BCUT2D eigenvalue weighted by atomic mass is 10.1. The normalized spacial score (nSPS) is 16.7. The number of ether oxygens (including phenoxy) is 1. The summed E-state index contributed by atoms with van der Waals surface area (Å²) >= 11 is 7.65. The molecule has 1 saturated heterocycles. The van der Waals surface area contributed by atoms with Crippen LogP contribution in [0.25, 0.3) is 0 Å². The molecule has 1 heterocycles. The molecule has 226 valence electrons. The molecule has 4 N–H and O–H groups in total. The highest BCUT2D eigenvalue weighted by molar-refractivity contribution is 7.97. The van der Waals surface area contributed by atoms with Crippen LogP contribution in [0.15, 0.2) is 77.0 Å². The number of benzene rings is 2. The van der Waals surface area contributed by atoms with Crippen LogP contribution >= 0.6 is 23.5 Å². The Bertz CT molecular complexity index is 1340. The highest BCUT2D eigenvalue weighted by atomic mass is 35.5. The summed E-state index contributed by atoms with van der Waals surface area (Å²) in [7, 11) is 0. The number of alkyl halides is 3. The third-order valence-electron chi connectivity index (χ3n) is 6.14. The number of nitrogens with zero attached hydrogens (tertiary/aromatic N) is 3. The van der Waals surface area contributed by atoms with Crippen molar-refractivity contribution < 1.29 is 32.6 Å². The van der Waals surface area contributed by atoms with Gasteiger partial charge in [0, 0.05) is 36.1 Å². The third kappa shape index (κ3) is 9.71. The molecule has 9 nitrogen and oxygen atoms in total. The fourth-order valence-electron chi connectivity index (χ4n) is 4.05. The first-order valence-corrected chi connectivity index (χ1v) is 14.0. The number of carbonyl (C=O) groups is 2. The molecule has 1 aliphatic heterocycles. The lowest BCUT2D eigenvalue weighted by Gasteiger charge is -2.40. The summed E-state index contributed by atoms with van der Waals surface area (Å²) in [4.78, 5) is 30.8. The van der Waals surface area contributed by atoms with Gasteiger partial charge in [-0.2, -0.15) is 0 Å². The summed E-state index contributed by atoms with van der Waals surface area (Å²) in [6.45, 7) is 6.50. The summed E-state index contributed by atoms with van der Waals surface area (Å²) < 4.78 is 43.4. The number of piperazine rings is 1. The zero-order valence-electron chi connectivity index (χ0n) is 22.7. The van der Waals surface area contributed by atoms with Gasteiger partial charge >= 0.3 is 12.3 Å². The molecule has 3 rings (SSSR count). The van der Waals surface area contributed by atoms with E-state index in [1.165, 1.54) is 42.4 Å². The number of carboxylic acid groups (broad SMARTS) is 1. The Hall–Kier alpha value is -3.68. The second-order valence-electron chi connectivity index (χ2n) is 9.18. The quantitative estimate of drug-likeness (QED) is 0.223. The van der Waals surface area contributed by atoms with E-state index >= 15 is 0 Å². The molecule has 1 aliphatic rings. The number of aliphatic carboxylic acids is 1. The molecule has 42 heavy (non-hydrogen) atoms. The van der Waals surface area contributed by atoms with Crippen molar-refractivity contribution in [2.75, 3.05) is 19.6 Å². The number of aryl methyl sites for hydroxylation is 1. The Labute approximate surface area is 251 Å². The number of carbonyl (C=O) groups excluding carboxylic acids is 1. The minimum absolute atomic E-state index is 0.131. The summed E-state index contributed by atoms with van der Waals surface area (Å²) in [6, 6.07) is 10.3. The van der Waals surface area contributed by atoms with E-state index in [-0.39, 0.29) is 36.3 Å². The molecule has 0 aromatic heterocycles.